The minimum Gasteiger partial charge on any atom is -0.363 e. The van der Waals surface area contributed by atoms with E-state index in [-0.39, 0.29) is 11.9 Å². The Morgan fingerprint density at radius 2 is 1.88 bits per heavy atom. The minimum atomic E-state index is -0.212. The smallest absolute Gasteiger partial charge is 0.128 e. The second-order valence-electron chi connectivity index (χ2n) is 5.76. The summed E-state index contributed by atoms with van der Waals surface area (Å²) < 4.78 is 13.8. The van der Waals surface area contributed by atoms with Gasteiger partial charge in [0, 0.05) is 35.3 Å². The van der Waals surface area contributed by atoms with Crippen molar-refractivity contribution in [1.29, 1.82) is 0 Å². The zero-order valence-electron chi connectivity index (χ0n) is 13.8. The van der Waals surface area contributed by atoms with Crippen LogP contribution in [0.15, 0.2) is 61.1 Å². The lowest BCUT2D eigenvalue weighted by molar-refractivity contribution is 0.600. The van der Waals surface area contributed by atoms with E-state index in [1.165, 1.54) is 11.6 Å². The Morgan fingerprint density at radius 1 is 1.04 bits per heavy atom. The van der Waals surface area contributed by atoms with Crippen LogP contribution in [0.4, 0.5) is 10.2 Å². The van der Waals surface area contributed by atoms with Crippen molar-refractivity contribution in [1.82, 2.24) is 9.97 Å². The number of hydrogen-bond donors (Lipinski definition) is 1. The van der Waals surface area contributed by atoms with Gasteiger partial charge < -0.3 is 5.32 Å². The molecule has 0 saturated heterocycles. The van der Waals surface area contributed by atoms with Crippen LogP contribution in [0.1, 0.15) is 31.0 Å². The molecule has 2 aromatic heterocycles. The van der Waals surface area contributed by atoms with Crippen molar-refractivity contribution in [2.24, 2.45) is 0 Å². The maximum Gasteiger partial charge on any atom is 0.128 e. The largest absolute Gasteiger partial charge is 0.363 e. The van der Waals surface area contributed by atoms with Gasteiger partial charge in [-0.3, -0.25) is 4.98 Å². The van der Waals surface area contributed by atoms with Crippen molar-refractivity contribution in [2.45, 2.75) is 26.3 Å². The molecule has 3 aromatic rings. The maximum atomic E-state index is 13.8. The molecule has 1 atom stereocenters. The molecule has 0 spiro atoms. The van der Waals surface area contributed by atoms with Crippen LogP contribution in [-0.2, 0) is 6.42 Å². The molecular weight excluding hydrogens is 301 g/mol. The van der Waals surface area contributed by atoms with E-state index in [1.54, 1.807) is 12.1 Å². The normalized spacial score (nSPS) is 12.0. The summed E-state index contributed by atoms with van der Waals surface area (Å²) in [5.74, 6) is 0.505. The van der Waals surface area contributed by atoms with Gasteiger partial charge in [0.1, 0.15) is 11.6 Å². The van der Waals surface area contributed by atoms with E-state index < -0.39 is 0 Å². The first-order chi connectivity index (χ1) is 11.7. The molecule has 24 heavy (non-hydrogen) atoms. The Labute approximate surface area is 141 Å². The zero-order chi connectivity index (χ0) is 16.9. The summed E-state index contributed by atoms with van der Waals surface area (Å²) in [5.41, 5.74) is 3.89. The Morgan fingerprint density at radius 3 is 2.58 bits per heavy atom. The average molecular weight is 321 g/mol. The zero-order valence-corrected chi connectivity index (χ0v) is 13.8. The number of hydrogen-bond acceptors (Lipinski definition) is 3. The van der Waals surface area contributed by atoms with Crippen LogP contribution in [0.25, 0.3) is 11.1 Å². The first-order valence-electron chi connectivity index (χ1n) is 8.08. The fourth-order valence-electron chi connectivity index (χ4n) is 2.61. The van der Waals surface area contributed by atoms with Gasteiger partial charge in [0.05, 0.1) is 6.04 Å². The molecule has 0 saturated carbocycles. The summed E-state index contributed by atoms with van der Waals surface area (Å²) in [7, 11) is 0. The minimum absolute atomic E-state index is 0.158. The van der Waals surface area contributed by atoms with Crippen LogP contribution < -0.4 is 5.32 Å². The summed E-state index contributed by atoms with van der Waals surface area (Å²) in [5, 5.41) is 3.23. The van der Waals surface area contributed by atoms with E-state index in [2.05, 4.69) is 28.3 Å². The molecule has 0 amide bonds. The monoisotopic (exact) mass is 321 g/mol. The molecule has 0 aliphatic heterocycles. The van der Waals surface area contributed by atoms with Crippen molar-refractivity contribution in [3.8, 4) is 11.1 Å². The Hall–Kier alpha value is -2.75. The number of nitrogens with zero attached hydrogens (tertiary/aromatic N) is 2. The lowest BCUT2D eigenvalue weighted by Crippen LogP contribution is -2.09. The van der Waals surface area contributed by atoms with E-state index in [0.29, 0.717) is 11.4 Å². The third-order valence-electron chi connectivity index (χ3n) is 4.04. The number of halogens is 1. The predicted molar refractivity (Wildman–Crippen MR) is 95.3 cm³/mol. The fraction of sp³-hybridized carbons (Fsp3) is 0.200. The molecule has 3 nitrogen and oxygen atoms in total. The van der Waals surface area contributed by atoms with Crippen LogP contribution >= 0.6 is 0 Å². The average Bonchev–Trinajstić information content (AvgIpc) is 2.62. The Bertz CT molecular complexity index is 815. The molecule has 122 valence electrons. The van der Waals surface area contributed by atoms with E-state index in [1.807, 2.05) is 43.7 Å². The van der Waals surface area contributed by atoms with Gasteiger partial charge in [-0.25, -0.2) is 9.37 Å². The van der Waals surface area contributed by atoms with Crippen molar-refractivity contribution in [2.75, 3.05) is 5.32 Å². The SMILES string of the molecule is CCc1cncc(-c2ccc(N[C@H](C)c3ccccc3F)nc2)c1. The second-order valence-corrected chi connectivity index (χ2v) is 5.76. The molecule has 0 radical (unpaired) electrons. The highest BCUT2D eigenvalue weighted by Gasteiger charge is 2.10. The fourth-order valence-corrected chi connectivity index (χ4v) is 2.61. The molecule has 4 heteroatoms. The highest BCUT2D eigenvalue weighted by atomic mass is 19.1. The molecule has 1 aromatic carbocycles. The summed E-state index contributed by atoms with van der Waals surface area (Å²) in [6, 6.07) is 12.7. The third kappa shape index (κ3) is 3.59. The third-order valence-corrected chi connectivity index (χ3v) is 4.04. The van der Waals surface area contributed by atoms with Gasteiger partial charge in [0.25, 0.3) is 0 Å². The lowest BCUT2D eigenvalue weighted by atomic mass is 10.1. The first-order valence-corrected chi connectivity index (χ1v) is 8.08. The van der Waals surface area contributed by atoms with Gasteiger partial charge >= 0.3 is 0 Å². The van der Waals surface area contributed by atoms with Crippen molar-refractivity contribution >= 4 is 5.82 Å². The van der Waals surface area contributed by atoms with E-state index in [9.17, 15) is 4.39 Å². The molecule has 3 rings (SSSR count). The number of aromatic nitrogens is 2. The Balaban J connectivity index is 1.76. The van der Waals surface area contributed by atoms with E-state index >= 15 is 0 Å². The molecule has 0 aliphatic rings. The number of rotatable bonds is 5. The van der Waals surface area contributed by atoms with Crippen molar-refractivity contribution in [3.05, 3.63) is 78.0 Å². The van der Waals surface area contributed by atoms with Crippen LogP contribution in [0.5, 0.6) is 0 Å². The summed E-state index contributed by atoms with van der Waals surface area (Å²) in [6.45, 7) is 4.03. The quantitative estimate of drug-likeness (QED) is 0.717. The van der Waals surface area contributed by atoms with Gasteiger partial charge in [0.2, 0.25) is 0 Å². The number of aryl methyl sites for hydroxylation is 1. The topological polar surface area (TPSA) is 37.8 Å². The standard InChI is InChI=1S/C20H20FN3/c1-3-15-10-17(12-22-11-15)16-8-9-20(23-13-16)24-14(2)18-6-4-5-7-19(18)21/h4-14H,3H2,1-2H3,(H,23,24)/t14-/m1/s1. The van der Waals surface area contributed by atoms with Crippen molar-refractivity contribution in [3.63, 3.8) is 0 Å². The molecular formula is C20H20FN3. The van der Waals surface area contributed by atoms with Crippen LogP contribution in [-0.4, -0.2) is 9.97 Å². The van der Waals surface area contributed by atoms with Crippen LogP contribution in [0.2, 0.25) is 0 Å². The lowest BCUT2D eigenvalue weighted by Gasteiger charge is -2.15. The van der Waals surface area contributed by atoms with Gasteiger partial charge in [-0.15, -0.1) is 0 Å². The highest BCUT2D eigenvalue weighted by Crippen LogP contribution is 2.23. The Kier molecular flexibility index (Phi) is 4.85. The molecule has 2 heterocycles. The highest BCUT2D eigenvalue weighted by molar-refractivity contribution is 5.63. The molecule has 0 bridgehead atoms. The van der Waals surface area contributed by atoms with Gasteiger partial charge in [-0.2, -0.15) is 0 Å². The molecule has 0 fully saturated rings. The number of pyridine rings is 2. The number of nitrogens with one attached hydrogen (secondary N) is 1. The summed E-state index contributed by atoms with van der Waals surface area (Å²) in [6.07, 6.45) is 6.48. The number of anilines is 1. The predicted octanol–water partition coefficient (Wildman–Crippen LogP) is 5.02. The molecule has 0 aliphatic carbocycles. The van der Waals surface area contributed by atoms with Gasteiger partial charge in [0.15, 0.2) is 0 Å². The van der Waals surface area contributed by atoms with Crippen LogP contribution in [0.3, 0.4) is 0 Å². The van der Waals surface area contributed by atoms with Gasteiger partial charge in [-0.1, -0.05) is 25.1 Å². The molecule has 1 N–H and O–H groups in total. The van der Waals surface area contributed by atoms with Crippen molar-refractivity contribution < 1.29 is 4.39 Å². The maximum absolute atomic E-state index is 13.8. The van der Waals surface area contributed by atoms with Crippen LogP contribution in [0, 0.1) is 5.82 Å². The molecule has 0 unspecified atom stereocenters. The second kappa shape index (κ2) is 7.21. The summed E-state index contributed by atoms with van der Waals surface area (Å²) >= 11 is 0. The number of benzene rings is 1. The first kappa shape index (κ1) is 16.1. The van der Waals surface area contributed by atoms with Gasteiger partial charge in [-0.05, 0) is 43.2 Å². The summed E-state index contributed by atoms with van der Waals surface area (Å²) in [4.78, 5) is 8.71. The van der Waals surface area contributed by atoms with E-state index in [4.69, 9.17) is 0 Å². The van der Waals surface area contributed by atoms with E-state index in [0.717, 1.165) is 17.5 Å².